The molecule has 0 fully saturated rings. The number of hydrogen-bond donors (Lipinski definition) is 2. The van der Waals surface area contributed by atoms with E-state index in [4.69, 9.17) is 14.2 Å². The third-order valence-electron chi connectivity index (χ3n) is 5.03. The predicted molar refractivity (Wildman–Crippen MR) is 138 cm³/mol. The Hall–Kier alpha value is -4.09. The first-order chi connectivity index (χ1) is 17.3. The summed E-state index contributed by atoms with van der Waals surface area (Å²) >= 11 is 1.31. The van der Waals surface area contributed by atoms with Crippen LogP contribution in [0.15, 0.2) is 77.7 Å². The Morgan fingerprint density at radius 3 is 2.19 bits per heavy atom. The number of methoxy groups -OCH3 is 2. The Kier molecular flexibility index (Phi) is 7.41. The van der Waals surface area contributed by atoms with Gasteiger partial charge in [-0.25, -0.2) is 13.2 Å². The van der Waals surface area contributed by atoms with Crippen LogP contribution in [0.3, 0.4) is 0 Å². The van der Waals surface area contributed by atoms with Gasteiger partial charge in [0.05, 0.1) is 19.1 Å². The molecule has 186 valence electrons. The minimum absolute atomic E-state index is 0.0468. The summed E-state index contributed by atoms with van der Waals surface area (Å²) in [7, 11) is -0.948. The molecule has 0 atom stereocenters. The van der Waals surface area contributed by atoms with Crippen molar-refractivity contribution in [3.63, 3.8) is 0 Å². The van der Waals surface area contributed by atoms with Gasteiger partial charge in [0, 0.05) is 16.1 Å². The third kappa shape index (κ3) is 5.93. The van der Waals surface area contributed by atoms with E-state index in [1.807, 2.05) is 6.07 Å². The van der Waals surface area contributed by atoms with Gasteiger partial charge in [0.1, 0.15) is 16.4 Å². The number of anilines is 2. The molecule has 0 saturated heterocycles. The summed E-state index contributed by atoms with van der Waals surface area (Å²) in [6.45, 7) is -0.273. The van der Waals surface area contributed by atoms with Gasteiger partial charge in [-0.2, -0.15) is 0 Å². The maximum Gasteiger partial charge on any atom is 0.348 e. The molecule has 2 N–H and O–H groups in total. The van der Waals surface area contributed by atoms with E-state index in [1.54, 1.807) is 42.5 Å². The highest BCUT2D eigenvalue weighted by molar-refractivity contribution is 7.92. The summed E-state index contributed by atoms with van der Waals surface area (Å²) in [5, 5.41) is 3.54. The number of fused-ring (bicyclic) bond motifs is 1. The normalized spacial score (nSPS) is 11.1. The number of hydrogen-bond acceptors (Lipinski definition) is 8. The number of ether oxygens (including phenoxy) is 3. The predicted octanol–water partition coefficient (Wildman–Crippen LogP) is 4.51. The molecule has 11 heteroatoms. The van der Waals surface area contributed by atoms with Gasteiger partial charge in [0.2, 0.25) is 0 Å². The van der Waals surface area contributed by atoms with Crippen molar-refractivity contribution in [2.45, 2.75) is 4.90 Å². The smallest absolute Gasteiger partial charge is 0.348 e. The molecule has 4 aromatic rings. The summed E-state index contributed by atoms with van der Waals surface area (Å²) in [6, 6.07) is 19.2. The van der Waals surface area contributed by atoms with Crippen LogP contribution in [0, 0.1) is 0 Å². The fraction of sp³-hybridized carbons (Fsp3) is 0.120. The van der Waals surface area contributed by atoms with Crippen LogP contribution in [0.2, 0.25) is 0 Å². The first kappa shape index (κ1) is 25.0. The zero-order valence-corrected chi connectivity index (χ0v) is 20.9. The van der Waals surface area contributed by atoms with Crippen LogP contribution in [-0.2, 0) is 19.6 Å². The highest BCUT2D eigenvalue weighted by atomic mass is 32.2. The van der Waals surface area contributed by atoms with E-state index in [9.17, 15) is 18.0 Å². The molecule has 0 unspecified atom stereocenters. The SMILES string of the molecule is COC(=O)c1cc2cc(NC(=O)COc3ccc(S(=O)(=O)Nc4ccc(OC)cc4)cc3)ccc2s1. The number of carbonyl (C=O) groups excluding carboxylic acids is 2. The van der Waals surface area contributed by atoms with E-state index in [1.165, 1.54) is 49.8 Å². The van der Waals surface area contributed by atoms with Crippen LogP contribution in [0.5, 0.6) is 11.5 Å². The van der Waals surface area contributed by atoms with E-state index >= 15 is 0 Å². The van der Waals surface area contributed by atoms with Gasteiger partial charge < -0.3 is 19.5 Å². The van der Waals surface area contributed by atoms with Crippen molar-refractivity contribution in [3.8, 4) is 11.5 Å². The summed E-state index contributed by atoms with van der Waals surface area (Å²) in [5.74, 6) is 0.147. The van der Waals surface area contributed by atoms with E-state index in [0.29, 0.717) is 27.8 Å². The summed E-state index contributed by atoms with van der Waals surface area (Å²) < 4.78 is 43.9. The quantitative estimate of drug-likeness (QED) is 0.308. The Labute approximate surface area is 211 Å². The molecule has 1 amide bonds. The average molecular weight is 527 g/mol. The maximum absolute atomic E-state index is 12.6. The van der Waals surface area contributed by atoms with Crippen LogP contribution in [0.25, 0.3) is 10.1 Å². The van der Waals surface area contributed by atoms with Crippen LogP contribution >= 0.6 is 11.3 Å². The summed E-state index contributed by atoms with van der Waals surface area (Å²) in [5.41, 5.74) is 0.950. The van der Waals surface area contributed by atoms with Crippen molar-refractivity contribution in [3.05, 3.63) is 77.7 Å². The maximum atomic E-state index is 12.6. The number of thiophene rings is 1. The number of rotatable bonds is 9. The van der Waals surface area contributed by atoms with Crippen LogP contribution in [0.1, 0.15) is 9.67 Å². The van der Waals surface area contributed by atoms with E-state index in [-0.39, 0.29) is 11.5 Å². The van der Waals surface area contributed by atoms with Gasteiger partial charge in [-0.15, -0.1) is 11.3 Å². The topological polar surface area (TPSA) is 120 Å². The molecule has 0 aliphatic heterocycles. The lowest BCUT2D eigenvalue weighted by atomic mass is 10.2. The third-order valence-corrected chi connectivity index (χ3v) is 7.53. The van der Waals surface area contributed by atoms with Gasteiger partial charge in [-0.1, -0.05) is 0 Å². The van der Waals surface area contributed by atoms with Crippen LogP contribution in [-0.4, -0.2) is 41.1 Å². The highest BCUT2D eigenvalue weighted by Crippen LogP contribution is 2.28. The van der Waals surface area contributed by atoms with Crippen molar-refractivity contribution in [2.24, 2.45) is 0 Å². The molecule has 0 spiro atoms. The molecule has 0 saturated carbocycles. The fourth-order valence-corrected chi connectivity index (χ4v) is 5.28. The minimum Gasteiger partial charge on any atom is -0.497 e. The molecular formula is C25H22N2O7S2. The van der Waals surface area contributed by atoms with Crippen molar-refractivity contribution in [1.82, 2.24) is 0 Å². The molecule has 36 heavy (non-hydrogen) atoms. The van der Waals surface area contributed by atoms with Crippen molar-refractivity contribution < 1.29 is 32.2 Å². The van der Waals surface area contributed by atoms with Gasteiger partial charge in [-0.3, -0.25) is 9.52 Å². The Balaban J connectivity index is 1.33. The Bertz CT molecular complexity index is 1500. The second-order valence-electron chi connectivity index (χ2n) is 7.50. The molecule has 0 bridgehead atoms. The monoisotopic (exact) mass is 526 g/mol. The number of amides is 1. The second-order valence-corrected chi connectivity index (χ2v) is 10.3. The molecule has 3 aromatic carbocycles. The molecule has 9 nitrogen and oxygen atoms in total. The molecule has 1 heterocycles. The summed E-state index contributed by atoms with van der Waals surface area (Å²) in [6.07, 6.45) is 0. The molecule has 1 aromatic heterocycles. The fourth-order valence-electron chi connectivity index (χ4n) is 3.26. The highest BCUT2D eigenvalue weighted by Gasteiger charge is 2.15. The lowest BCUT2D eigenvalue weighted by molar-refractivity contribution is -0.118. The lowest BCUT2D eigenvalue weighted by Gasteiger charge is -2.10. The van der Waals surface area contributed by atoms with Crippen molar-refractivity contribution >= 4 is 54.7 Å². The van der Waals surface area contributed by atoms with Crippen LogP contribution < -0.4 is 19.5 Å². The number of benzene rings is 3. The van der Waals surface area contributed by atoms with E-state index < -0.39 is 21.9 Å². The number of sulfonamides is 1. The van der Waals surface area contributed by atoms with Crippen molar-refractivity contribution in [2.75, 3.05) is 30.9 Å². The van der Waals surface area contributed by atoms with Gasteiger partial charge in [0.25, 0.3) is 15.9 Å². The van der Waals surface area contributed by atoms with Gasteiger partial charge >= 0.3 is 5.97 Å². The first-order valence-corrected chi connectivity index (χ1v) is 12.9. The standard InChI is InChI=1S/C25H22N2O7S2/c1-32-19-6-3-17(4-7-19)27-36(30,31)21-10-8-20(9-11-21)34-15-24(28)26-18-5-12-22-16(13-18)14-23(35-22)25(29)33-2/h3-14,27H,15H2,1-2H3,(H,26,28). The Morgan fingerprint density at radius 2 is 1.53 bits per heavy atom. The Morgan fingerprint density at radius 1 is 0.861 bits per heavy atom. The number of carbonyl (C=O) groups is 2. The number of nitrogens with one attached hydrogen (secondary N) is 2. The van der Waals surface area contributed by atoms with Crippen molar-refractivity contribution in [1.29, 1.82) is 0 Å². The van der Waals surface area contributed by atoms with Gasteiger partial charge in [-0.05, 0) is 78.2 Å². The molecule has 0 aliphatic carbocycles. The zero-order chi connectivity index (χ0) is 25.7. The molecule has 0 radical (unpaired) electrons. The molecular weight excluding hydrogens is 504 g/mol. The van der Waals surface area contributed by atoms with E-state index in [2.05, 4.69) is 10.0 Å². The largest absolute Gasteiger partial charge is 0.497 e. The average Bonchev–Trinajstić information content (AvgIpc) is 3.31. The number of esters is 1. The molecule has 0 aliphatic rings. The van der Waals surface area contributed by atoms with Gasteiger partial charge in [0.15, 0.2) is 6.61 Å². The minimum atomic E-state index is -3.80. The second kappa shape index (κ2) is 10.7. The first-order valence-electron chi connectivity index (χ1n) is 10.6. The summed E-state index contributed by atoms with van der Waals surface area (Å²) in [4.78, 5) is 24.6. The van der Waals surface area contributed by atoms with Crippen LogP contribution in [0.4, 0.5) is 11.4 Å². The zero-order valence-electron chi connectivity index (χ0n) is 19.3. The van der Waals surface area contributed by atoms with E-state index in [0.717, 1.165) is 10.1 Å². The lowest BCUT2D eigenvalue weighted by Crippen LogP contribution is -2.20. The molecule has 4 rings (SSSR count).